The van der Waals surface area contributed by atoms with Gasteiger partial charge in [0, 0.05) is 32.7 Å². The number of carbonyl (C=O) groups is 2. The molecule has 1 aromatic rings. The van der Waals surface area contributed by atoms with Crippen LogP contribution in [0.5, 0.6) is 0 Å². The minimum atomic E-state index is -0.790. The van der Waals surface area contributed by atoms with E-state index in [1.165, 1.54) is 0 Å². The highest BCUT2D eigenvalue weighted by Crippen LogP contribution is 2.26. The Kier molecular flexibility index (Phi) is 4.96. The molecule has 1 aromatic carbocycles. The van der Waals surface area contributed by atoms with Crippen molar-refractivity contribution in [2.45, 2.75) is 25.8 Å². The monoisotopic (exact) mass is 316 g/mol. The lowest BCUT2D eigenvalue weighted by Crippen LogP contribution is -2.48. The maximum Gasteiger partial charge on any atom is 0.307 e. The van der Waals surface area contributed by atoms with E-state index in [0.29, 0.717) is 26.1 Å². The fraction of sp³-hybridized carbons (Fsp3) is 0.556. The highest BCUT2D eigenvalue weighted by Gasteiger charge is 2.37. The Bertz CT molecular complexity index is 555. The van der Waals surface area contributed by atoms with Crippen LogP contribution in [0.25, 0.3) is 0 Å². The van der Waals surface area contributed by atoms with E-state index in [1.807, 2.05) is 35.2 Å². The first-order valence-corrected chi connectivity index (χ1v) is 8.41. The van der Waals surface area contributed by atoms with E-state index in [4.69, 9.17) is 0 Å². The Labute approximate surface area is 136 Å². The van der Waals surface area contributed by atoms with E-state index < -0.39 is 11.9 Å². The molecule has 0 aliphatic carbocycles. The maximum atomic E-state index is 12.7. The molecular weight excluding hydrogens is 292 g/mol. The van der Waals surface area contributed by atoms with Gasteiger partial charge in [-0.2, -0.15) is 0 Å². The molecule has 3 rings (SSSR count). The predicted molar refractivity (Wildman–Crippen MR) is 86.8 cm³/mol. The number of piperidine rings is 1. The third-order valence-corrected chi connectivity index (χ3v) is 4.89. The Morgan fingerprint density at radius 3 is 2.35 bits per heavy atom. The lowest BCUT2D eigenvalue weighted by molar-refractivity contribution is -0.147. The van der Waals surface area contributed by atoms with Gasteiger partial charge in [-0.15, -0.1) is 0 Å². The molecule has 0 saturated carbocycles. The zero-order valence-corrected chi connectivity index (χ0v) is 13.4. The lowest BCUT2D eigenvalue weighted by Gasteiger charge is -2.37. The van der Waals surface area contributed by atoms with Crippen LogP contribution in [0.4, 0.5) is 0 Å². The van der Waals surface area contributed by atoms with Gasteiger partial charge in [-0.25, -0.2) is 0 Å². The molecule has 0 spiro atoms. The number of carboxylic acid groups (broad SMARTS) is 1. The van der Waals surface area contributed by atoms with Crippen molar-refractivity contribution in [2.75, 3.05) is 26.2 Å². The van der Waals surface area contributed by atoms with Gasteiger partial charge in [0.25, 0.3) is 0 Å². The first kappa shape index (κ1) is 16.0. The van der Waals surface area contributed by atoms with Gasteiger partial charge in [-0.3, -0.25) is 14.5 Å². The number of carbonyl (C=O) groups excluding carboxylic acids is 1. The van der Waals surface area contributed by atoms with Crippen molar-refractivity contribution in [3.8, 4) is 0 Å². The van der Waals surface area contributed by atoms with Crippen LogP contribution in [-0.2, 0) is 16.1 Å². The summed E-state index contributed by atoms with van der Waals surface area (Å²) in [6, 6.07) is 10.0. The molecule has 2 fully saturated rings. The Morgan fingerprint density at radius 2 is 1.70 bits per heavy atom. The minimum absolute atomic E-state index is 0.145. The van der Waals surface area contributed by atoms with Crippen LogP contribution in [0.2, 0.25) is 0 Å². The van der Waals surface area contributed by atoms with E-state index in [2.05, 4.69) is 4.90 Å². The summed E-state index contributed by atoms with van der Waals surface area (Å²) in [6.07, 6.45) is 2.60. The molecule has 23 heavy (non-hydrogen) atoms. The van der Waals surface area contributed by atoms with Gasteiger partial charge in [0.05, 0.1) is 11.8 Å². The molecule has 5 nitrogen and oxygen atoms in total. The highest BCUT2D eigenvalue weighted by atomic mass is 16.4. The fourth-order valence-electron chi connectivity index (χ4n) is 3.71. The van der Waals surface area contributed by atoms with Gasteiger partial charge in [-0.1, -0.05) is 30.3 Å². The van der Waals surface area contributed by atoms with Crippen LogP contribution < -0.4 is 0 Å². The van der Waals surface area contributed by atoms with Crippen molar-refractivity contribution < 1.29 is 14.7 Å². The van der Waals surface area contributed by atoms with Gasteiger partial charge in [-0.05, 0) is 24.8 Å². The molecule has 2 aliphatic heterocycles. The molecular formula is C18H24N2O3. The molecule has 1 N–H and O–H groups in total. The van der Waals surface area contributed by atoms with Crippen molar-refractivity contribution in [1.29, 1.82) is 0 Å². The number of likely N-dealkylation sites (tertiary alicyclic amines) is 2. The molecule has 0 bridgehead atoms. The lowest BCUT2D eigenvalue weighted by atomic mass is 9.88. The molecule has 2 aliphatic rings. The number of hydrogen-bond acceptors (Lipinski definition) is 3. The van der Waals surface area contributed by atoms with Gasteiger partial charge >= 0.3 is 5.97 Å². The normalized spacial score (nSPS) is 25.5. The Balaban J connectivity index is 1.70. The molecule has 2 atom stereocenters. The zero-order chi connectivity index (χ0) is 16.2. The molecule has 124 valence electrons. The first-order chi connectivity index (χ1) is 11.1. The topological polar surface area (TPSA) is 60.9 Å². The van der Waals surface area contributed by atoms with E-state index in [0.717, 1.165) is 31.5 Å². The summed E-state index contributed by atoms with van der Waals surface area (Å²) in [5, 5.41) is 9.44. The van der Waals surface area contributed by atoms with E-state index in [9.17, 15) is 14.7 Å². The first-order valence-electron chi connectivity index (χ1n) is 8.41. The molecule has 2 heterocycles. The number of hydrogen-bond donors (Lipinski definition) is 1. The smallest absolute Gasteiger partial charge is 0.307 e. The summed E-state index contributed by atoms with van der Waals surface area (Å²) in [6.45, 7) is 3.54. The van der Waals surface area contributed by atoms with Crippen molar-refractivity contribution >= 4 is 11.9 Å². The third-order valence-electron chi connectivity index (χ3n) is 4.89. The average Bonchev–Trinajstić information content (AvgIpc) is 3.09. The second-order valence-corrected chi connectivity index (χ2v) is 6.68. The van der Waals surface area contributed by atoms with E-state index in [1.54, 1.807) is 0 Å². The summed E-state index contributed by atoms with van der Waals surface area (Å²) in [7, 11) is 0. The number of benzene rings is 1. The summed E-state index contributed by atoms with van der Waals surface area (Å²) in [4.78, 5) is 28.2. The average molecular weight is 316 g/mol. The van der Waals surface area contributed by atoms with Gasteiger partial charge in [0.15, 0.2) is 0 Å². The Morgan fingerprint density at radius 1 is 1.04 bits per heavy atom. The Hall–Kier alpha value is -1.88. The highest BCUT2D eigenvalue weighted by molar-refractivity contribution is 5.80. The van der Waals surface area contributed by atoms with Crippen molar-refractivity contribution in [1.82, 2.24) is 9.80 Å². The SMILES string of the molecule is O=C(O)[C@H]1C[C@H](C(=O)N2CCCC2)CN(Cc2ccccc2)C1. The maximum absolute atomic E-state index is 12.7. The number of carboxylic acids is 1. The van der Waals surface area contributed by atoms with Crippen molar-refractivity contribution in [3.05, 3.63) is 35.9 Å². The largest absolute Gasteiger partial charge is 0.481 e. The molecule has 0 aromatic heterocycles. The predicted octanol–water partition coefficient (Wildman–Crippen LogP) is 1.83. The standard InChI is InChI=1S/C18H24N2O3/c21-17(20-8-4-5-9-20)15-10-16(18(22)23)13-19(12-15)11-14-6-2-1-3-7-14/h1-3,6-7,15-16H,4-5,8-13H2,(H,22,23)/t15-,16-/m0/s1. The molecule has 0 unspecified atom stereocenters. The number of nitrogens with zero attached hydrogens (tertiary/aromatic N) is 2. The molecule has 1 amide bonds. The minimum Gasteiger partial charge on any atom is -0.481 e. The summed E-state index contributed by atoms with van der Waals surface area (Å²) >= 11 is 0. The van der Waals surface area contributed by atoms with Crippen molar-refractivity contribution in [3.63, 3.8) is 0 Å². The van der Waals surface area contributed by atoms with Crippen molar-refractivity contribution in [2.24, 2.45) is 11.8 Å². The second-order valence-electron chi connectivity index (χ2n) is 6.68. The van der Waals surface area contributed by atoms with Crippen LogP contribution in [0, 0.1) is 11.8 Å². The van der Waals surface area contributed by atoms with E-state index in [-0.39, 0.29) is 11.8 Å². The van der Waals surface area contributed by atoms with Gasteiger partial charge < -0.3 is 10.0 Å². The fourth-order valence-corrected chi connectivity index (χ4v) is 3.71. The number of rotatable bonds is 4. The molecule has 2 saturated heterocycles. The summed E-state index contributed by atoms with van der Waals surface area (Å²) in [5.41, 5.74) is 1.16. The van der Waals surface area contributed by atoms with E-state index >= 15 is 0 Å². The molecule has 0 radical (unpaired) electrons. The summed E-state index contributed by atoms with van der Waals surface area (Å²) in [5.74, 6) is -1.29. The molecule has 5 heteroatoms. The van der Waals surface area contributed by atoms with Gasteiger partial charge in [0.2, 0.25) is 5.91 Å². The zero-order valence-electron chi connectivity index (χ0n) is 13.4. The second kappa shape index (κ2) is 7.13. The quantitative estimate of drug-likeness (QED) is 0.920. The van der Waals surface area contributed by atoms with Gasteiger partial charge in [0.1, 0.15) is 0 Å². The van der Waals surface area contributed by atoms with Crippen LogP contribution in [0.1, 0.15) is 24.8 Å². The van der Waals surface area contributed by atoms with Crippen LogP contribution in [0.15, 0.2) is 30.3 Å². The number of aliphatic carboxylic acids is 1. The van der Waals surface area contributed by atoms with Crippen LogP contribution in [0.3, 0.4) is 0 Å². The number of amides is 1. The third kappa shape index (κ3) is 3.91. The van der Waals surface area contributed by atoms with Crippen LogP contribution >= 0.6 is 0 Å². The summed E-state index contributed by atoms with van der Waals surface area (Å²) < 4.78 is 0. The van der Waals surface area contributed by atoms with Crippen LogP contribution in [-0.4, -0.2) is 53.0 Å².